The molecule has 3 N–H and O–H groups in total. The lowest BCUT2D eigenvalue weighted by atomic mass is 9.86. The Morgan fingerprint density at radius 3 is 2.55 bits per heavy atom. The summed E-state index contributed by atoms with van der Waals surface area (Å²) in [6.45, 7) is 2.33. The van der Waals surface area contributed by atoms with E-state index in [0.29, 0.717) is 11.6 Å². The average molecular weight is 340 g/mol. The number of anilines is 1. The molecule has 0 saturated heterocycles. The highest BCUT2D eigenvalue weighted by Crippen LogP contribution is 2.33. The average Bonchev–Trinajstić information content (AvgIpc) is 2.46. The van der Waals surface area contributed by atoms with Gasteiger partial charge in [-0.25, -0.2) is 0 Å². The van der Waals surface area contributed by atoms with Crippen molar-refractivity contribution in [2.45, 2.75) is 38.6 Å². The molecule has 1 saturated carbocycles. The molecule has 0 aromatic heterocycles. The highest BCUT2D eigenvalue weighted by Gasteiger charge is 2.23. The maximum atomic E-state index is 8.72. The topological polar surface area (TPSA) is 61.8 Å². The SMILES string of the molecule is CC1CCC(N(C)c2ccc(/C(N)=N/O)cc2Br)CC1. The summed E-state index contributed by atoms with van der Waals surface area (Å²) < 4.78 is 0.975. The monoisotopic (exact) mass is 339 g/mol. The van der Waals surface area contributed by atoms with E-state index in [1.165, 1.54) is 25.7 Å². The molecule has 1 aromatic rings. The number of hydrogen-bond acceptors (Lipinski definition) is 3. The first kappa shape index (κ1) is 15.2. The smallest absolute Gasteiger partial charge is 0.170 e. The number of amidine groups is 1. The van der Waals surface area contributed by atoms with Crippen molar-refractivity contribution in [3.8, 4) is 0 Å². The predicted molar refractivity (Wildman–Crippen MR) is 86.5 cm³/mol. The van der Waals surface area contributed by atoms with E-state index in [2.05, 4.69) is 40.0 Å². The number of halogens is 1. The number of nitrogens with zero attached hydrogens (tertiary/aromatic N) is 2. The van der Waals surface area contributed by atoms with Crippen LogP contribution in [0.1, 0.15) is 38.2 Å². The van der Waals surface area contributed by atoms with E-state index in [-0.39, 0.29) is 5.84 Å². The van der Waals surface area contributed by atoms with Crippen molar-refractivity contribution in [1.29, 1.82) is 0 Å². The molecule has 5 heteroatoms. The van der Waals surface area contributed by atoms with Gasteiger partial charge in [0, 0.05) is 23.1 Å². The van der Waals surface area contributed by atoms with E-state index in [1.54, 1.807) is 0 Å². The van der Waals surface area contributed by atoms with Crippen LogP contribution in [0.2, 0.25) is 0 Å². The molecule has 0 unspecified atom stereocenters. The molecule has 0 heterocycles. The molecule has 0 atom stereocenters. The minimum atomic E-state index is 0.131. The van der Waals surface area contributed by atoms with Gasteiger partial charge in [0.05, 0.1) is 5.69 Å². The maximum absolute atomic E-state index is 8.72. The molecule has 0 bridgehead atoms. The van der Waals surface area contributed by atoms with Crippen LogP contribution in [0.25, 0.3) is 0 Å². The number of rotatable bonds is 3. The van der Waals surface area contributed by atoms with E-state index in [1.807, 2.05) is 18.2 Å². The van der Waals surface area contributed by atoms with E-state index in [4.69, 9.17) is 10.9 Å². The van der Waals surface area contributed by atoms with Crippen LogP contribution in [0, 0.1) is 5.92 Å². The molecule has 4 nitrogen and oxygen atoms in total. The summed E-state index contributed by atoms with van der Waals surface area (Å²) in [7, 11) is 2.14. The first-order chi connectivity index (χ1) is 9.52. The Bertz CT molecular complexity index is 496. The van der Waals surface area contributed by atoms with Gasteiger partial charge in [-0.1, -0.05) is 12.1 Å². The molecular formula is C15H22BrN3O. The van der Waals surface area contributed by atoms with Gasteiger partial charge in [0.1, 0.15) is 0 Å². The lowest BCUT2D eigenvalue weighted by Gasteiger charge is -2.35. The van der Waals surface area contributed by atoms with Crippen LogP contribution in [0.15, 0.2) is 27.8 Å². The molecular weight excluding hydrogens is 318 g/mol. The molecule has 1 aromatic carbocycles. The summed E-state index contributed by atoms with van der Waals surface area (Å²) in [4.78, 5) is 2.34. The minimum Gasteiger partial charge on any atom is -0.409 e. The highest BCUT2D eigenvalue weighted by molar-refractivity contribution is 9.10. The van der Waals surface area contributed by atoms with Gasteiger partial charge in [-0.3, -0.25) is 0 Å². The van der Waals surface area contributed by atoms with Gasteiger partial charge in [-0.15, -0.1) is 0 Å². The van der Waals surface area contributed by atoms with E-state index in [0.717, 1.165) is 16.1 Å². The molecule has 0 radical (unpaired) electrons. The number of benzene rings is 1. The fraction of sp³-hybridized carbons (Fsp3) is 0.533. The van der Waals surface area contributed by atoms with Crippen molar-refractivity contribution in [2.75, 3.05) is 11.9 Å². The normalized spacial score (nSPS) is 23.6. The second-order valence-electron chi connectivity index (χ2n) is 5.68. The van der Waals surface area contributed by atoms with Crippen molar-refractivity contribution in [3.05, 3.63) is 28.2 Å². The van der Waals surface area contributed by atoms with Gasteiger partial charge in [0.2, 0.25) is 0 Å². The van der Waals surface area contributed by atoms with Gasteiger partial charge in [0.15, 0.2) is 5.84 Å². The number of nitrogens with two attached hydrogens (primary N) is 1. The van der Waals surface area contributed by atoms with Gasteiger partial charge < -0.3 is 15.8 Å². The molecule has 0 aliphatic heterocycles. The fourth-order valence-corrected chi connectivity index (χ4v) is 3.49. The van der Waals surface area contributed by atoms with E-state index in [9.17, 15) is 0 Å². The molecule has 0 amide bonds. The maximum Gasteiger partial charge on any atom is 0.170 e. The van der Waals surface area contributed by atoms with Crippen molar-refractivity contribution in [2.24, 2.45) is 16.8 Å². The molecule has 0 spiro atoms. The minimum absolute atomic E-state index is 0.131. The Balaban J connectivity index is 2.16. The third kappa shape index (κ3) is 3.26. The summed E-state index contributed by atoms with van der Waals surface area (Å²) in [5.41, 5.74) is 7.48. The predicted octanol–water partition coefficient (Wildman–Crippen LogP) is 3.56. The first-order valence-electron chi connectivity index (χ1n) is 7.03. The molecule has 1 aliphatic rings. The van der Waals surface area contributed by atoms with Crippen molar-refractivity contribution < 1.29 is 5.21 Å². The number of hydrogen-bond donors (Lipinski definition) is 2. The summed E-state index contributed by atoms with van der Waals surface area (Å²) in [6.07, 6.45) is 5.09. The summed E-state index contributed by atoms with van der Waals surface area (Å²) in [6, 6.07) is 6.40. The van der Waals surface area contributed by atoms with Crippen LogP contribution in [-0.4, -0.2) is 24.1 Å². The third-order valence-electron chi connectivity index (χ3n) is 4.26. The Hall–Kier alpha value is -1.23. The highest BCUT2D eigenvalue weighted by atomic mass is 79.9. The fourth-order valence-electron chi connectivity index (χ4n) is 2.84. The Morgan fingerprint density at radius 1 is 1.35 bits per heavy atom. The summed E-state index contributed by atoms with van der Waals surface area (Å²) in [5, 5.41) is 11.8. The Morgan fingerprint density at radius 2 is 2.00 bits per heavy atom. The van der Waals surface area contributed by atoms with Crippen molar-refractivity contribution in [3.63, 3.8) is 0 Å². The van der Waals surface area contributed by atoms with Gasteiger partial charge >= 0.3 is 0 Å². The Kier molecular flexibility index (Phi) is 4.91. The third-order valence-corrected chi connectivity index (χ3v) is 4.90. The van der Waals surface area contributed by atoms with Crippen LogP contribution in [0.5, 0.6) is 0 Å². The zero-order valence-corrected chi connectivity index (χ0v) is 13.6. The second kappa shape index (κ2) is 6.48. The van der Waals surface area contributed by atoms with Gasteiger partial charge in [0.25, 0.3) is 0 Å². The lowest BCUT2D eigenvalue weighted by Crippen LogP contribution is -2.35. The quantitative estimate of drug-likeness (QED) is 0.383. The molecule has 1 fully saturated rings. The lowest BCUT2D eigenvalue weighted by molar-refractivity contribution is 0.318. The van der Waals surface area contributed by atoms with Crippen LogP contribution in [-0.2, 0) is 0 Å². The molecule has 20 heavy (non-hydrogen) atoms. The largest absolute Gasteiger partial charge is 0.409 e. The molecule has 110 valence electrons. The summed E-state index contributed by atoms with van der Waals surface area (Å²) in [5.74, 6) is 0.984. The first-order valence-corrected chi connectivity index (χ1v) is 7.82. The number of oxime groups is 1. The zero-order valence-electron chi connectivity index (χ0n) is 12.0. The van der Waals surface area contributed by atoms with Crippen molar-refractivity contribution >= 4 is 27.5 Å². The standard InChI is InChI=1S/C15H22BrN3O/c1-10-3-6-12(7-4-10)19(2)14-8-5-11(9-13(14)16)15(17)18-20/h5,8-10,12,20H,3-4,6-7H2,1-2H3,(H2,17,18). The van der Waals surface area contributed by atoms with Crippen LogP contribution in [0.3, 0.4) is 0 Å². The zero-order chi connectivity index (χ0) is 14.7. The van der Waals surface area contributed by atoms with Crippen molar-refractivity contribution in [1.82, 2.24) is 0 Å². The van der Waals surface area contributed by atoms with Gasteiger partial charge in [-0.2, -0.15) is 0 Å². The second-order valence-corrected chi connectivity index (χ2v) is 6.53. The molecule has 1 aliphatic carbocycles. The molecule has 2 rings (SSSR count). The van der Waals surface area contributed by atoms with E-state index >= 15 is 0 Å². The van der Waals surface area contributed by atoms with E-state index < -0.39 is 0 Å². The summed E-state index contributed by atoms with van der Waals surface area (Å²) >= 11 is 3.59. The van der Waals surface area contributed by atoms with Crippen LogP contribution in [0.4, 0.5) is 5.69 Å². The van der Waals surface area contributed by atoms with Gasteiger partial charge in [-0.05, 0) is 65.7 Å². The Labute approximate surface area is 128 Å². The van der Waals surface area contributed by atoms with Crippen LogP contribution >= 0.6 is 15.9 Å². The van der Waals surface area contributed by atoms with Crippen LogP contribution < -0.4 is 10.6 Å².